The van der Waals surface area contributed by atoms with Crippen molar-refractivity contribution in [3.63, 3.8) is 0 Å². The van der Waals surface area contributed by atoms with Crippen LogP contribution in [0.3, 0.4) is 0 Å². The quantitative estimate of drug-likeness (QED) is 0.866. The number of aryl methyl sites for hydroxylation is 1. The van der Waals surface area contributed by atoms with Crippen molar-refractivity contribution in [3.8, 4) is 0 Å². The largest absolute Gasteiger partial charge is 0.472 e. The highest BCUT2D eigenvalue weighted by Crippen LogP contribution is 2.20. The number of benzene rings is 1. The minimum Gasteiger partial charge on any atom is -0.472 e. The Kier molecular flexibility index (Phi) is 2.97. The summed E-state index contributed by atoms with van der Waals surface area (Å²) in [6.45, 7) is 1.90. The van der Waals surface area contributed by atoms with Crippen molar-refractivity contribution in [2.75, 3.05) is 5.32 Å². The van der Waals surface area contributed by atoms with Gasteiger partial charge in [-0.15, -0.1) is 0 Å². The van der Waals surface area contributed by atoms with Crippen molar-refractivity contribution in [1.29, 1.82) is 0 Å². The van der Waals surface area contributed by atoms with E-state index in [0.29, 0.717) is 16.3 Å². The van der Waals surface area contributed by atoms with Gasteiger partial charge >= 0.3 is 0 Å². The Balaban J connectivity index is 2.21. The summed E-state index contributed by atoms with van der Waals surface area (Å²) in [4.78, 5) is 11.7. The van der Waals surface area contributed by atoms with Gasteiger partial charge in [0.1, 0.15) is 6.26 Å². The molecule has 2 rings (SSSR count). The summed E-state index contributed by atoms with van der Waals surface area (Å²) in [6, 6.07) is 6.96. The van der Waals surface area contributed by atoms with Crippen LogP contribution in [0.2, 0.25) is 5.02 Å². The third kappa shape index (κ3) is 2.25. The van der Waals surface area contributed by atoms with Crippen molar-refractivity contribution in [2.45, 2.75) is 6.92 Å². The molecule has 0 aliphatic heterocycles. The molecule has 3 nitrogen and oxygen atoms in total. The number of amides is 1. The molecule has 0 radical (unpaired) electrons. The molecule has 0 aliphatic carbocycles. The van der Waals surface area contributed by atoms with E-state index in [1.807, 2.05) is 13.0 Å². The van der Waals surface area contributed by atoms with E-state index in [-0.39, 0.29) is 5.91 Å². The molecule has 1 aromatic carbocycles. The fourth-order valence-electron chi connectivity index (χ4n) is 1.32. The molecular weight excluding hydrogens is 226 g/mol. The molecule has 0 saturated heterocycles. The maximum Gasteiger partial charge on any atom is 0.258 e. The van der Waals surface area contributed by atoms with Crippen LogP contribution in [-0.2, 0) is 0 Å². The number of hydrogen-bond donors (Lipinski definition) is 1. The lowest BCUT2D eigenvalue weighted by atomic mass is 10.2. The van der Waals surface area contributed by atoms with Gasteiger partial charge in [0.25, 0.3) is 5.91 Å². The fourth-order valence-corrected chi connectivity index (χ4v) is 1.49. The minimum absolute atomic E-state index is 0.209. The van der Waals surface area contributed by atoms with Crippen LogP contribution >= 0.6 is 11.6 Å². The number of rotatable bonds is 2. The molecule has 0 atom stereocenters. The first-order valence-corrected chi connectivity index (χ1v) is 5.14. The van der Waals surface area contributed by atoms with Crippen molar-refractivity contribution in [1.82, 2.24) is 0 Å². The Morgan fingerprint density at radius 2 is 2.19 bits per heavy atom. The highest BCUT2D eigenvalue weighted by molar-refractivity contribution is 6.31. The van der Waals surface area contributed by atoms with Crippen LogP contribution in [0.15, 0.2) is 41.2 Å². The first-order chi connectivity index (χ1) is 7.66. The van der Waals surface area contributed by atoms with Gasteiger partial charge in [0.15, 0.2) is 0 Å². The predicted molar refractivity (Wildman–Crippen MR) is 62.9 cm³/mol. The summed E-state index contributed by atoms with van der Waals surface area (Å²) < 4.78 is 4.84. The van der Waals surface area contributed by atoms with E-state index in [4.69, 9.17) is 16.0 Å². The normalized spacial score (nSPS) is 10.1. The van der Waals surface area contributed by atoms with Crippen LogP contribution < -0.4 is 5.32 Å². The molecule has 4 heteroatoms. The fraction of sp³-hybridized carbons (Fsp3) is 0.0833. The molecule has 0 saturated carbocycles. The van der Waals surface area contributed by atoms with Crippen LogP contribution in [0.1, 0.15) is 15.9 Å². The molecular formula is C12H10ClNO2. The lowest BCUT2D eigenvalue weighted by molar-refractivity contribution is 0.102. The molecule has 0 bridgehead atoms. The third-order valence-corrected chi connectivity index (χ3v) is 2.47. The van der Waals surface area contributed by atoms with Crippen molar-refractivity contribution >= 4 is 23.2 Å². The van der Waals surface area contributed by atoms with Crippen LogP contribution in [0, 0.1) is 6.92 Å². The van der Waals surface area contributed by atoms with Gasteiger partial charge in [-0.05, 0) is 30.7 Å². The number of carbonyl (C=O) groups excluding carboxylic acids is 1. The van der Waals surface area contributed by atoms with Crippen molar-refractivity contribution in [3.05, 3.63) is 52.9 Å². The van der Waals surface area contributed by atoms with Crippen molar-refractivity contribution < 1.29 is 9.21 Å². The second kappa shape index (κ2) is 4.41. The van der Waals surface area contributed by atoms with Gasteiger partial charge in [0, 0.05) is 10.7 Å². The predicted octanol–water partition coefficient (Wildman–Crippen LogP) is 3.49. The Bertz CT molecular complexity index is 506. The van der Waals surface area contributed by atoms with Crippen LogP contribution in [0.4, 0.5) is 5.69 Å². The van der Waals surface area contributed by atoms with Crippen LogP contribution in [0.25, 0.3) is 0 Å². The molecule has 0 aliphatic rings. The SMILES string of the molecule is Cc1ccc(Cl)cc1NC(=O)c1ccoc1. The zero-order chi connectivity index (χ0) is 11.5. The summed E-state index contributed by atoms with van der Waals surface area (Å²) >= 11 is 5.86. The second-order valence-corrected chi connectivity index (χ2v) is 3.86. The van der Waals surface area contributed by atoms with Crippen molar-refractivity contribution in [2.24, 2.45) is 0 Å². The van der Waals surface area contributed by atoms with Gasteiger partial charge in [-0.2, -0.15) is 0 Å². The maximum absolute atomic E-state index is 11.7. The minimum atomic E-state index is -0.209. The molecule has 1 heterocycles. The molecule has 82 valence electrons. The third-order valence-electron chi connectivity index (χ3n) is 2.23. The van der Waals surface area contributed by atoms with E-state index in [2.05, 4.69) is 5.32 Å². The maximum atomic E-state index is 11.7. The zero-order valence-electron chi connectivity index (χ0n) is 8.66. The lowest BCUT2D eigenvalue weighted by Gasteiger charge is -2.07. The molecule has 1 amide bonds. The molecule has 0 fully saturated rings. The van der Waals surface area contributed by atoms with E-state index < -0.39 is 0 Å². The average molecular weight is 236 g/mol. The van der Waals surface area contributed by atoms with Gasteiger partial charge in [-0.25, -0.2) is 0 Å². The van der Waals surface area contributed by atoms with E-state index >= 15 is 0 Å². The van der Waals surface area contributed by atoms with Crippen LogP contribution in [-0.4, -0.2) is 5.91 Å². The summed E-state index contributed by atoms with van der Waals surface area (Å²) in [7, 11) is 0. The van der Waals surface area contributed by atoms with E-state index in [0.717, 1.165) is 5.56 Å². The number of anilines is 1. The number of furan rings is 1. The molecule has 0 unspecified atom stereocenters. The number of nitrogens with one attached hydrogen (secondary N) is 1. The Labute approximate surface area is 98.0 Å². The summed E-state index contributed by atoms with van der Waals surface area (Å²) in [5.74, 6) is -0.209. The lowest BCUT2D eigenvalue weighted by Crippen LogP contribution is -2.11. The zero-order valence-corrected chi connectivity index (χ0v) is 9.41. The smallest absolute Gasteiger partial charge is 0.258 e. The monoisotopic (exact) mass is 235 g/mol. The summed E-state index contributed by atoms with van der Waals surface area (Å²) in [5.41, 5.74) is 2.15. The van der Waals surface area contributed by atoms with Gasteiger partial charge in [0.2, 0.25) is 0 Å². The van der Waals surface area contributed by atoms with Crippen LogP contribution in [0.5, 0.6) is 0 Å². The van der Waals surface area contributed by atoms with Gasteiger partial charge in [0.05, 0.1) is 11.8 Å². The number of hydrogen-bond acceptors (Lipinski definition) is 2. The molecule has 0 spiro atoms. The number of halogens is 1. The first kappa shape index (κ1) is 10.8. The Morgan fingerprint density at radius 1 is 1.38 bits per heavy atom. The topological polar surface area (TPSA) is 42.2 Å². The van der Waals surface area contributed by atoms with E-state index in [1.165, 1.54) is 12.5 Å². The van der Waals surface area contributed by atoms with Gasteiger partial charge in [-0.3, -0.25) is 4.79 Å². The highest BCUT2D eigenvalue weighted by atomic mass is 35.5. The van der Waals surface area contributed by atoms with E-state index in [1.54, 1.807) is 18.2 Å². The van der Waals surface area contributed by atoms with Gasteiger partial charge in [-0.1, -0.05) is 17.7 Å². The number of carbonyl (C=O) groups is 1. The Morgan fingerprint density at radius 3 is 2.88 bits per heavy atom. The second-order valence-electron chi connectivity index (χ2n) is 3.43. The average Bonchev–Trinajstić information content (AvgIpc) is 2.76. The molecule has 1 aromatic heterocycles. The highest BCUT2D eigenvalue weighted by Gasteiger charge is 2.08. The van der Waals surface area contributed by atoms with Gasteiger partial charge < -0.3 is 9.73 Å². The van der Waals surface area contributed by atoms with E-state index in [9.17, 15) is 4.79 Å². The molecule has 2 aromatic rings. The molecule has 16 heavy (non-hydrogen) atoms. The summed E-state index contributed by atoms with van der Waals surface area (Å²) in [6.07, 6.45) is 2.86. The molecule has 1 N–H and O–H groups in total. The first-order valence-electron chi connectivity index (χ1n) is 4.76. The summed E-state index contributed by atoms with van der Waals surface area (Å²) in [5, 5.41) is 3.36. The Hall–Kier alpha value is -1.74. The standard InChI is InChI=1S/C12H10ClNO2/c1-8-2-3-10(13)6-11(8)14-12(15)9-4-5-16-7-9/h2-7H,1H3,(H,14,15).